The summed E-state index contributed by atoms with van der Waals surface area (Å²) in [6.45, 7) is 0.203. The van der Waals surface area contributed by atoms with Crippen LogP contribution in [-0.2, 0) is 22.6 Å². The molecule has 1 saturated heterocycles. The number of nitrogens with zero attached hydrogens (tertiary/aromatic N) is 3. The number of aromatic amines is 1. The minimum Gasteiger partial charge on any atom is -0.496 e. The van der Waals surface area contributed by atoms with Gasteiger partial charge in [0, 0.05) is 47.3 Å². The van der Waals surface area contributed by atoms with E-state index < -0.39 is 17.0 Å². The van der Waals surface area contributed by atoms with E-state index in [1.807, 2.05) is 48.5 Å². The molecule has 1 aromatic heterocycles. The summed E-state index contributed by atoms with van der Waals surface area (Å²) >= 11 is 0. The number of nitrogens with one attached hydrogen (secondary N) is 1. The van der Waals surface area contributed by atoms with Crippen LogP contribution in [0.3, 0.4) is 0 Å². The molecule has 2 amide bonds. The number of nitro benzene ring substituents is 1. The molecule has 9 nitrogen and oxygen atoms in total. The molecule has 3 heterocycles. The van der Waals surface area contributed by atoms with Gasteiger partial charge in [-0.1, -0.05) is 36.4 Å². The van der Waals surface area contributed by atoms with Crippen molar-refractivity contribution in [1.29, 1.82) is 0 Å². The molecular weight excluding hydrogens is 472 g/mol. The Bertz CT molecular complexity index is 1540. The summed E-state index contributed by atoms with van der Waals surface area (Å²) in [6.07, 6.45) is 0.385. The topological polar surface area (TPSA) is 109 Å². The number of methoxy groups -OCH3 is 1. The van der Waals surface area contributed by atoms with Crippen LogP contribution in [0.4, 0.5) is 5.69 Å². The van der Waals surface area contributed by atoms with Gasteiger partial charge < -0.3 is 19.5 Å². The quantitative estimate of drug-likeness (QED) is 0.332. The first-order chi connectivity index (χ1) is 18.0. The Kier molecular flexibility index (Phi) is 5.40. The monoisotopic (exact) mass is 496 g/mol. The van der Waals surface area contributed by atoms with Crippen LogP contribution in [0, 0.1) is 10.1 Å². The fraction of sp³-hybridized carbons (Fsp3) is 0.214. The van der Waals surface area contributed by atoms with Crippen molar-refractivity contribution in [2.45, 2.75) is 25.0 Å². The lowest BCUT2D eigenvalue weighted by Crippen LogP contribution is -2.62. The third-order valence-corrected chi connectivity index (χ3v) is 7.32. The fourth-order valence-corrected chi connectivity index (χ4v) is 5.62. The van der Waals surface area contributed by atoms with Gasteiger partial charge in [-0.15, -0.1) is 0 Å². The standard InChI is InChI=1S/C28H24N4O5/c1-37-24-9-5-2-6-18(24)15-30-16-25(33)31-23(28(30)34)14-21-20-7-3-4-8-22(20)29-26(21)27(31)17-10-12-19(13-11-17)32(35)36/h2-13,23,27,29H,14-16H2,1H3/t23-,27+/m1/s1. The molecule has 0 spiro atoms. The lowest BCUT2D eigenvalue weighted by Gasteiger charge is -2.47. The second-order valence-corrected chi connectivity index (χ2v) is 9.34. The van der Waals surface area contributed by atoms with E-state index >= 15 is 0 Å². The van der Waals surface area contributed by atoms with Gasteiger partial charge >= 0.3 is 0 Å². The number of nitro groups is 1. The van der Waals surface area contributed by atoms with E-state index in [0.717, 1.165) is 27.7 Å². The Morgan fingerprint density at radius 3 is 2.51 bits per heavy atom. The molecule has 4 aromatic rings. The third-order valence-electron chi connectivity index (χ3n) is 7.32. The molecule has 0 aliphatic carbocycles. The second kappa shape index (κ2) is 8.77. The normalized spacial score (nSPS) is 19.1. The van der Waals surface area contributed by atoms with Crippen molar-refractivity contribution in [2.75, 3.05) is 13.7 Å². The van der Waals surface area contributed by atoms with E-state index in [-0.39, 0.29) is 30.6 Å². The Balaban J connectivity index is 1.44. The van der Waals surface area contributed by atoms with Crippen LogP contribution < -0.4 is 4.74 Å². The summed E-state index contributed by atoms with van der Waals surface area (Å²) in [5, 5.41) is 12.2. The van der Waals surface area contributed by atoms with Crippen LogP contribution in [0.5, 0.6) is 5.75 Å². The Hall–Kier alpha value is -4.66. The van der Waals surface area contributed by atoms with E-state index in [1.54, 1.807) is 29.0 Å². The first-order valence-corrected chi connectivity index (χ1v) is 12.0. The molecule has 9 heteroatoms. The van der Waals surface area contributed by atoms with E-state index in [4.69, 9.17) is 4.74 Å². The number of hydrogen-bond donors (Lipinski definition) is 1. The Morgan fingerprint density at radius 1 is 1.03 bits per heavy atom. The van der Waals surface area contributed by atoms with Crippen LogP contribution in [0.15, 0.2) is 72.8 Å². The highest BCUT2D eigenvalue weighted by Crippen LogP contribution is 2.43. The number of para-hydroxylation sites is 2. The van der Waals surface area contributed by atoms with Crippen molar-refractivity contribution < 1.29 is 19.2 Å². The van der Waals surface area contributed by atoms with Crippen LogP contribution in [0.2, 0.25) is 0 Å². The zero-order valence-electron chi connectivity index (χ0n) is 20.1. The smallest absolute Gasteiger partial charge is 0.269 e. The number of carbonyl (C=O) groups excluding carboxylic acids is 2. The zero-order chi connectivity index (χ0) is 25.7. The van der Waals surface area contributed by atoms with E-state index in [9.17, 15) is 19.7 Å². The highest BCUT2D eigenvalue weighted by Gasteiger charge is 2.48. The predicted molar refractivity (Wildman–Crippen MR) is 136 cm³/mol. The van der Waals surface area contributed by atoms with Gasteiger partial charge in [-0.3, -0.25) is 19.7 Å². The number of hydrogen-bond acceptors (Lipinski definition) is 5. The molecule has 6 rings (SSSR count). The Labute approximate surface area is 212 Å². The number of rotatable bonds is 5. The zero-order valence-corrected chi connectivity index (χ0v) is 20.1. The van der Waals surface area contributed by atoms with Crippen molar-refractivity contribution in [3.05, 3.63) is 105 Å². The third kappa shape index (κ3) is 3.70. The molecule has 186 valence electrons. The summed E-state index contributed by atoms with van der Waals surface area (Å²) in [6, 6.07) is 20.3. The van der Waals surface area contributed by atoms with E-state index in [2.05, 4.69) is 4.98 Å². The lowest BCUT2D eigenvalue weighted by atomic mass is 9.86. The molecule has 37 heavy (non-hydrogen) atoms. The maximum absolute atomic E-state index is 13.9. The summed E-state index contributed by atoms with van der Waals surface area (Å²) in [4.78, 5) is 45.1. The summed E-state index contributed by atoms with van der Waals surface area (Å²) in [5.41, 5.74) is 4.26. The molecule has 2 atom stereocenters. The van der Waals surface area contributed by atoms with Crippen molar-refractivity contribution in [3.63, 3.8) is 0 Å². The molecular formula is C28H24N4O5. The highest BCUT2D eigenvalue weighted by molar-refractivity contribution is 5.97. The number of carbonyl (C=O) groups is 2. The number of non-ortho nitro benzene ring substituents is 1. The van der Waals surface area contributed by atoms with Gasteiger partial charge in [0.15, 0.2) is 0 Å². The molecule has 2 aliphatic rings. The number of amides is 2. The van der Waals surface area contributed by atoms with Crippen molar-refractivity contribution in [3.8, 4) is 5.75 Å². The molecule has 0 bridgehead atoms. The molecule has 1 N–H and O–H groups in total. The molecule has 0 saturated carbocycles. The van der Waals surface area contributed by atoms with Gasteiger partial charge in [-0.2, -0.15) is 0 Å². The number of ether oxygens (including phenoxy) is 1. The molecule has 3 aromatic carbocycles. The van der Waals surface area contributed by atoms with Crippen LogP contribution >= 0.6 is 0 Å². The van der Waals surface area contributed by atoms with E-state index in [0.29, 0.717) is 17.7 Å². The van der Waals surface area contributed by atoms with Crippen molar-refractivity contribution in [1.82, 2.24) is 14.8 Å². The van der Waals surface area contributed by atoms with Crippen molar-refractivity contribution in [2.24, 2.45) is 0 Å². The molecule has 0 radical (unpaired) electrons. The number of fused-ring (bicyclic) bond motifs is 4. The van der Waals surface area contributed by atoms with Gasteiger partial charge in [-0.25, -0.2) is 0 Å². The van der Waals surface area contributed by atoms with Crippen LogP contribution in [-0.4, -0.2) is 51.2 Å². The average molecular weight is 497 g/mol. The fourth-order valence-electron chi connectivity index (χ4n) is 5.62. The minimum atomic E-state index is -0.692. The number of aromatic nitrogens is 1. The Morgan fingerprint density at radius 2 is 1.76 bits per heavy atom. The summed E-state index contributed by atoms with van der Waals surface area (Å²) < 4.78 is 5.46. The minimum absolute atomic E-state index is 0.0305. The summed E-state index contributed by atoms with van der Waals surface area (Å²) in [5.74, 6) is 0.358. The molecule has 0 unspecified atom stereocenters. The van der Waals surface area contributed by atoms with Crippen LogP contribution in [0.25, 0.3) is 10.9 Å². The SMILES string of the molecule is COc1ccccc1CN1CC(=O)N2[C@@H](c3ccc([N+](=O)[O-])cc3)c3[nH]c4ccccc4c3C[C@@H]2C1=O. The highest BCUT2D eigenvalue weighted by atomic mass is 16.6. The molecule has 1 fully saturated rings. The number of H-pyrrole nitrogens is 1. The van der Waals surface area contributed by atoms with Crippen LogP contribution in [0.1, 0.15) is 28.4 Å². The predicted octanol–water partition coefficient (Wildman–Crippen LogP) is 3.97. The second-order valence-electron chi connectivity index (χ2n) is 9.34. The number of benzene rings is 3. The first-order valence-electron chi connectivity index (χ1n) is 12.0. The maximum Gasteiger partial charge on any atom is 0.269 e. The first kappa shape index (κ1) is 22.8. The number of piperazine rings is 1. The van der Waals surface area contributed by atoms with Gasteiger partial charge in [0.1, 0.15) is 18.3 Å². The lowest BCUT2D eigenvalue weighted by molar-refractivity contribution is -0.384. The summed E-state index contributed by atoms with van der Waals surface area (Å²) in [7, 11) is 1.58. The van der Waals surface area contributed by atoms with Gasteiger partial charge in [0.05, 0.1) is 18.1 Å². The average Bonchev–Trinajstić information content (AvgIpc) is 3.29. The van der Waals surface area contributed by atoms with Gasteiger partial charge in [-0.05, 0) is 35.4 Å². The van der Waals surface area contributed by atoms with Crippen molar-refractivity contribution >= 4 is 28.4 Å². The van der Waals surface area contributed by atoms with E-state index in [1.165, 1.54) is 12.1 Å². The maximum atomic E-state index is 13.9. The molecule has 2 aliphatic heterocycles. The van der Waals surface area contributed by atoms with Gasteiger partial charge in [0.2, 0.25) is 11.8 Å². The van der Waals surface area contributed by atoms with Gasteiger partial charge in [0.25, 0.3) is 5.69 Å². The largest absolute Gasteiger partial charge is 0.496 e.